The number of anilines is 1. The summed E-state index contributed by atoms with van der Waals surface area (Å²) in [6, 6.07) is 14.0. The van der Waals surface area contributed by atoms with Crippen molar-refractivity contribution in [3.63, 3.8) is 0 Å². The lowest BCUT2D eigenvalue weighted by Crippen LogP contribution is -2.87. The zero-order valence-electron chi connectivity index (χ0n) is 13.3. The van der Waals surface area contributed by atoms with E-state index in [0.717, 1.165) is 22.1 Å². The molecule has 0 aromatic heterocycles. The molecular formula is C18H21BrClN2O+. The Hall–Kier alpha value is -1.36. The van der Waals surface area contributed by atoms with Crippen molar-refractivity contribution in [1.29, 1.82) is 0 Å². The van der Waals surface area contributed by atoms with Crippen LogP contribution in [0.1, 0.15) is 30.5 Å². The Morgan fingerprint density at radius 3 is 2.57 bits per heavy atom. The topological polar surface area (TPSA) is 45.7 Å². The van der Waals surface area contributed by atoms with Gasteiger partial charge in [0.2, 0.25) is 0 Å². The highest BCUT2D eigenvalue weighted by atomic mass is 79.9. The number of rotatable bonds is 6. The first-order chi connectivity index (χ1) is 11.0. The lowest BCUT2D eigenvalue weighted by Gasteiger charge is -2.14. The smallest absolute Gasteiger partial charge is 0.279 e. The Morgan fingerprint density at radius 2 is 1.96 bits per heavy atom. The van der Waals surface area contributed by atoms with Crippen molar-refractivity contribution in [2.24, 2.45) is 0 Å². The van der Waals surface area contributed by atoms with Gasteiger partial charge in [0, 0.05) is 27.2 Å². The van der Waals surface area contributed by atoms with Gasteiger partial charge in [-0.3, -0.25) is 4.79 Å². The SMILES string of the molecule is CC[C@H]([NH2+]CC(=O)Nc1ccc(Cl)cc1C)c1ccc(Br)cc1. The van der Waals surface area contributed by atoms with Gasteiger partial charge in [0.1, 0.15) is 6.04 Å². The van der Waals surface area contributed by atoms with Gasteiger partial charge in [0.15, 0.2) is 6.54 Å². The van der Waals surface area contributed by atoms with Crippen LogP contribution in [0.5, 0.6) is 0 Å². The molecule has 3 N–H and O–H groups in total. The summed E-state index contributed by atoms with van der Waals surface area (Å²) in [6.07, 6.45) is 0.967. The van der Waals surface area contributed by atoms with E-state index in [2.05, 4.69) is 45.6 Å². The van der Waals surface area contributed by atoms with Crippen LogP contribution in [0.4, 0.5) is 5.69 Å². The van der Waals surface area contributed by atoms with E-state index in [1.165, 1.54) is 5.56 Å². The fourth-order valence-electron chi connectivity index (χ4n) is 2.47. The van der Waals surface area contributed by atoms with Crippen LogP contribution in [0.15, 0.2) is 46.9 Å². The summed E-state index contributed by atoms with van der Waals surface area (Å²) in [5.41, 5.74) is 3.00. The normalized spacial score (nSPS) is 12.0. The lowest BCUT2D eigenvalue weighted by molar-refractivity contribution is -0.686. The van der Waals surface area contributed by atoms with Gasteiger partial charge >= 0.3 is 0 Å². The first-order valence-electron chi connectivity index (χ1n) is 7.64. The third kappa shape index (κ3) is 5.34. The molecular weight excluding hydrogens is 376 g/mol. The molecule has 3 nitrogen and oxygen atoms in total. The minimum atomic E-state index is -0.00835. The predicted octanol–water partition coefficient (Wildman–Crippen LogP) is 4.06. The standard InChI is InChI=1S/C18H20BrClN2O/c1-3-16(13-4-6-14(19)7-5-13)21-11-18(23)22-17-9-8-15(20)10-12(17)2/h4-10,16,21H,3,11H2,1-2H3,(H,22,23)/p+1/t16-/m0/s1. The highest BCUT2D eigenvalue weighted by Crippen LogP contribution is 2.19. The third-order valence-corrected chi connectivity index (χ3v) is 4.55. The zero-order valence-corrected chi connectivity index (χ0v) is 15.6. The minimum Gasteiger partial charge on any atom is -0.332 e. The summed E-state index contributed by atoms with van der Waals surface area (Å²) in [4.78, 5) is 12.2. The van der Waals surface area contributed by atoms with Crippen LogP contribution in [0, 0.1) is 6.92 Å². The van der Waals surface area contributed by atoms with Crippen molar-refractivity contribution < 1.29 is 10.1 Å². The second-order valence-electron chi connectivity index (χ2n) is 5.51. The maximum atomic E-state index is 12.2. The molecule has 5 heteroatoms. The van der Waals surface area contributed by atoms with E-state index in [9.17, 15) is 4.79 Å². The molecule has 0 unspecified atom stereocenters. The van der Waals surface area contributed by atoms with Crippen LogP contribution in [0.3, 0.4) is 0 Å². The Labute approximate surface area is 150 Å². The number of nitrogens with one attached hydrogen (secondary N) is 1. The Balaban J connectivity index is 1.93. The molecule has 2 aromatic carbocycles. The Kier molecular flexibility index (Phi) is 6.63. The quantitative estimate of drug-likeness (QED) is 0.760. The molecule has 2 rings (SSSR count). The molecule has 23 heavy (non-hydrogen) atoms. The number of carbonyl (C=O) groups excluding carboxylic acids is 1. The Morgan fingerprint density at radius 1 is 1.26 bits per heavy atom. The molecule has 0 fully saturated rings. The summed E-state index contributed by atoms with van der Waals surface area (Å²) >= 11 is 9.38. The van der Waals surface area contributed by atoms with Gasteiger partial charge in [-0.2, -0.15) is 0 Å². The maximum absolute atomic E-state index is 12.2. The van der Waals surface area contributed by atoms with Crippen molar-refractivity contribution in [3.8, 4) is 0 Å². The number of nitrogens with two attached hydrogens (primary N) is 1. The van der Waals surface area contributed by atoms with Crippen LogP contribution in [0.2, 0.25) is 5.02 Å². The molecule has 122 valence electrons. The molecule has 0 aliphatic rings. The van der Waals surface area contributed by atoms with Gasteiger partial charge in [-0.15, -0.1) is 0 Å². The zero-order chi connectivity index (χ0) is 16.8. The number of amides is 1. The van der Waals surface area contributed by atoms with Crippen LogP contribution < -0.4 is 10.6 Å². The second kappa shape index (κ2) is 8.48. The summed E-state index contributed by atoms with van der Waals surface area (Å²) < 4.78 is 1.06. The lowest BCUT2D eigenvalue weighted by atomic mass is 10.0. The summed E-state index contributed by atoms with van der Waals surface area (Å²) in [5, 5.41) is 5.69. The van der Waals surface area contributed by atoms with E-state index in [1.54, 1.807) is 6.07 Å². The van der Waals surface area contributed by atoms with Gasteiger partial charge in [-0.1, -0.05) is 46.6 Å². The molecule has 0 bridgehead atoms. The van der Waals surface area contributed by atoms with Gasteiger partial charge in [-0.25, -0.2) is 0 Å². The summed E-state index contributed by atoms with van der Waals surface area (Å²) in [6.45, 7) is 4.45. The summed E-state index contributed by atoms with van der Waals surface area (Å²) in [5.74, 6) is -0.00835. The van der Waals surface area contributed by atoms with Crippen LogP contribution >= 0.6 is 27.5 Å². The van der Waals surface area contributed by atoms with Crippen molar-refractivity contribution in [2.45, 2.75) is 26.3 Å². The van der Waals surface area contributed by atoms with Crippen molar-refractivity contribution in [2.75, 3.05) is 11.9 Å². The first-order valence-corrected chi connectivity index (χ1v) is 8.81. The van der Waals surface area contributed by atoms with E-state index >= 15 is 0 Å². The minimum absolute atomic E-state index is 0.00835. The summed E-state index contributed by atoms with van der Waals surface area (Å²) in [7, 11) is 0. The molecule has 0 heterocycles. The highest BCUT2D eigenvalue weighted by Gasteiger charge is 2.15. The maximum Gasteiger partial charge on any atom is 0.279 e. The number of hydrogen-bond acceptors (Lipinski definition) is 1. The number of benzene rings is 2. The molecule has 0 radical (unpaired) electrons. The first kappa shape index (κ1) is 18.0. The van der Waals surface area contributed by atoms with Crippen molar-refractivity contribution >= 4 is 39.1 Å². The average molecular weight is 397 g/mol. The molecule has 0 aliphatic carbocycles. The van der Waals surface area contributed by atoms with Gasteiger partial charge in [0.25, 0.3) is 5.91 Å². The van der Waals surface area contributed by atoms with Crippen molar-refractivity contribution in [1.82, 2.24) is 0 Å². The molecule has 0 spiro atoms. The van der Waals surface area contributed by atoms with E-state index in [0.29, 0.717) is 11.6 Å². The van der Waals surface area contributed by atoms with Gasteiger partial charge in [0.05, 0.1) is 0 Å². The predicted molar refractivity (Wildman–Crippen MR) is 98.8 cm³/mol. The average Bonchev–Trinajstić information content (AvgIpc) is 2.52. The number of halogens is 2. The van der Waals surface area contributed by atoms with Crippen LogP contribution in [-0.4, -0.2) is 12.5 Å². The van der Waals surface area contributed by atoms with Gasteiger partial charge < -0.3 is 10.6 Å². The molecule has 0 saturated heterocycles. The molecule has 1 atom stereocenters. The molecule has 0 saturated carbocycles. The van der Waals surface area contributed by atoms with E-state index in [4.69, 9.17) is 11.6 Å². The Bertz CT molecular complexity index is 673. The van der Waals surface area contributed by atoms with E-state index in [1.807, 2.05) is 31.2 Å². The highest BCUT2D eigenvalue weighted by molar-refractivity contribution is 9.10. The molecule has 0 aliphatic heterocycles. The van der Waals surface area contributed by atoms with Gasteiger partial charge in [-0.05, 0) is 42.8 Å². The van der Waals surface area contributed by atoms with Crippen molar-refractivity contribution in [3.05, 3.63) is 63.1 Å². The van der Waals surface area contributed by atoms with Crippen LogP contribution in [0.25, 0.3) is 0 Å². The molecule has 2 aromatic rings. The van der Waals surface area contributed by atoms with E-state index < -0.39 is 0 Å². The second-order valence-corrected chi connectivity index (χ2v) is 6.87. The monoisotopic (exact) mass is 395 g/mol. The number of aryl methyl sites for hydroxylation is 1. The third-order valence-electron chi connectivity index (χ3n) is 3.79. The fourth-order valence-corrected chi connectivity index (χ4v) is 2.96. The van der Waals surface area contributed by atoms with Crippen LogP contribution in [-0.2, 0) is 4.79 Å². The number of carbonyl (C=O) groups is 1. The largest absolute Gasteiger partial charge is 0.332 e. The fraction of sp³-hybridized carbons (Fsp3) is 0.278. The molecule has 1 amide bonds. The van der Waals surface area contributed by atoms with E-state index in [-0.39, 0.29) is 11.9 Å². The number of hydrogen-bond donors (Lipinski definition) is 2. The number of quaternary nitrogens is 1.